The lowest BCUT2D eigenvalue weighted by Crippen LogP contribution is -2.42. The van der Waals surface area contributed by atoms with Crippen LogP contribution in [0.15, 0.2) is 36.5 Å². The molecule has 8 heteroatoms. The van der Waals surface area contributed by atoms with E-state index in [1.54, 1.807) is 18.3 Å². The zero-order valence-corrected chi connectivity index (χ0v) is 14.6. The Hall–Kier alpha value is -2.38. The molecule has 2 atom stereocenters. The number of H-pyrrole nitrogens is 1. The number of nitrogens with one attached hydrogen (secondary N) is 3. The summed E-state index contributed by atoms with van der Waals surface area (Å²) >= 11 is 5.54. The van der Waals surface area contributed by atoms with Gasteiger partial charge in [-0.25, -0.2) is 0 Å². The Balaban J connectivity index is 1.90. The molecular weight excluding hydrogens is 344 g/mol. The van der Waals surface area contributed by atoms with Crippen molar-refractivity contribution in [2.24, 2.45) is 5.92 Å². The summed E-state index contributed by atoms with van der Waals surface area (Å²) in [7, 11) is 0. The number of carbonyl (C=O) groups is 2. The van der Waals surface area contributed by atoms with Gasteiger partial charge in [-0.15, -0.1) is 11.6 Å². The molecule has 0 fully saturated rings. The van der Waals surface area contributed by atoms with Crippen molar-refractivity contribution in [1.29, 1.82) is 0 Å². The quantitative estimate of drug-likeness (QED) is 0.423. The van der Waals surface area contributed by atoms with E-state index in [9.17, 15) is 14.7 Å². The fourth-order valence-corrected chi connectivity index (χ4v) is 2.31. The molecule has 7 nitrogen and oxygen atoms in total. The third-order valence-electron chi connectivity index (χ3n) is 3.73. The minimum atomic E-state index is -1.44. The molecule has 0 aliphatic heterocycles. The maximum atomic E-state index is 12.1. The molecule has 25 heavy (non-hydrogen) atoms. The van der Waals surface area contributed by atoms with E-state index >= 15 is 0 Å². The zero-order chi connectivity index (χ0) is 18.2. The van der Waals surface area contributed by atoms with Crippen molar-refractivity contribution in [2.45, 2.75) is 19.4 Å². The molecule has 1 aromatic carbocycles. The highest BCUT2D eigenvalue weighted by atomic mass is 35.5. The van der Waals surface area contributed by atoms with Crippen LogP contribution in [-0.4, -0.2) is 45.6 Å². The zero-order valence-electron chi connectivity index (χ0n) is 13.8. The molecule has 1 heterocycles. The van der Waals surface area contributed by atoms with Crippen LogP contribution in [0.1, 0.15) is 13.3 Å². The molecule has 0 unspecified atom stereocenters. The predicted molar refractivity (Wildman–Crippen MR) is 96.2 cm³/mol. The number of hydrogen-bond donors (Lipinski definition) is 4. The lowest BCUT2D eigenvalue weighted by Gasteiger charge is -2.18. The minimum Gasteiger partial charge on any atom is -0.382 e. The average molecular weight is 365 g/mol. The first kappa shape index (κ1) is 19.0. The summed E-state index contributed by atoms with van der Waals surface area (Å²) in [4.78, 5) is 24.0. The number of anilines is 1. The molecule has 2 amide bonds. The van der Waals surface area contributed by atoms with Gasteiger partial charge >= 0.3 is 0 Å². The average Bonchev–Trinajstić information content (AvgIpc) is 3.15. The normalized spacial score (nSPS) is 13.1. The van der Waals surface area contributed by atoms with Crippen LogP contribution in [0.2, 0.25) is 0 Å². The molecule has 0 saturated carbocycles. The van der Waals surface area contributed by atoms with Gasteiger partial charge in [-0.2, -0.15) is 5.10 Å². The van der Waals surface area contributed by atoms with E-state index < -0.39 is 17.9 Å². The number of aromatic nitrogens is 2. The first-order valence-electron chi connectivity index (χ1n) is 7.95. The van der Waals surface area contributed by atoms with Gasteiger partial charge in [-0.3, -0.25) is 14.7 Å². The van der Waals surface area contributed by atoms with Gasteiger partial charge < -0.3 is 15.7 Å². The van der Waals surface area contributed by atoms with Crippen LogP contribution in [0.25, 0.3) is 11.3 Å². The summed E-state index contributed by atoms with van der Waals surface area (Å²) in [5.41, 5.74) is 2.31. The molecule has 2 rings (SSSR count). The Bertz CT molecular complexity index is 688. The predicted octanol–water partition coefficient (Wildman–Crippen LogP) is 1.76. The standard InChI is InChI=1S/C17H21ClN4O3/c1-11(16(24)19-9-2-8-18)15(23)17(25)21-13-5-3-12(4-6-13)14-7-10-20-22-14/h3-7,10-11,15,23H,2,8-9H2,1H3,(H,19,24)(H,20,22)(H,21,25)/t11-,15-/m1/s1. The SMILES string of the molecule is C[C@@H](C(=O)NCCCCl)[C@@H](O)C(=O)Nc1ccc(-c2ccn[nH]2)cc1. The highest BCUT2D eigenvalue weighted by Crippen LogP contribution is 2.19. The Labute approximate surface area is 150 Å². The smallest absolute Gasteiger partial charge is 0.254 e. The van der Waals surface area contributed by atoms with E-state index in [0.29, 0.717) is 24.5 Å². The molecule has 0 aliphatic rings. The van der Waals surface area contributed by atoms with Crippen molar-refractivity contribution in [3.8, 4) is 11.3 Å². The summed E-state index contributed by atoms with van der Waals surface area (Å²) in [6.07, 6.45) is 0.842. The Morgan fingerprint density at radius 1 is 1.24 bits per heavy atom. The van der Waals surface area contributed by atoms with Crippen molar-refractivity contribution >= 4 is 29.1 Å². The summed E-state index contributed by atoms with van der Waals surface area (Å²) in [5.74, 6) is -1.44. The van der Waals surface area contributed by atoms with Gasteiger partial charge in [0.05, 0.1) is 11.6 Å². The van der Waals surface area contributed by atoms with Gasteiger partial charge in [-0.05, 0) is 30.2 Å². The lowest BCUT2D eigenvalue weighted by molar-refractivity contribution is -0.136. The second-order valence-corrected chi connectivity index (χ2v) is 5.98. The monoisotopic (exact) mass is 364 g/mol. The summed E-state index contributed by atoms with van der Waals surface area (Å²) < 4.78 is 0. The number of aliphatic hydroxyl groups is 1. The molecule has 0 bridgehead atoms. The van der Waals surface area contributed by atoms with Crippen LogP contribution in [0.5, 0.6) is 0 Å². The van der Waals surface area contributed by atoms with Crippen LogP contribution in [0.3, 0.4) is 0 Å². The van der Waals surface area contributed by atoms with Gasteiger partial charge in [0.2, 0.25) is 5.91 Å². The number of aromatic amines is 1. The molecule has 4 N–H and O–H groups in total. The Morgan fingerprint density at radius 2 is 1.96 bits per heavy atom. The summed E-state index contributed by atoms with van der Waals surface area (Å²) in [6, 6.07) is 8.90. The van der Waals surface area contributed by atoms with E-state index in [2.05, 4.69) is 20.8 Å². The molecule has 0 radical (unpaired) electrons. The third kappa shape index (κ3) is 5.30. The first-order chi connectivity index (χ1) is 12.0. The highest BCUT2D eigenvalue weighted by Gasteiger charge is 2.28. The number of alkyl halides is 1. The van der Waals surface area contributed by atoms with Crippen molar-refractivity contribution in [2.75, 3.05) is 17.7 Å². The number of nitrogens with zero attached hydrogens (tertiary/aromatic N) is 1. The van der Waals surface area contributed by atoms with Crippen molar-refractivity contribution in [3.63, 3.8) is 0 Å². The molecule has 134 valence electrons. The number of aliphatic hydroxyl groups excluding tert-OH is 1. The van der Waals surface area contributed by atoms with E-state index in [0.717, 1.165) is 11.3 Å². The van der Waals surface area contributed by atoms with Crippen LogP contribution in [0, 0.1) is 5.92 Å². The van der Waals surface area contributed by atoms with E-state index in [-0.39, 0.29) is 5.91 Å². The maximum absolute atomic E-state index is 12.1. The van der Waals surface area contributed by atoms with Crippen LogP contribution in [-0.2, 0) is 9.59 Å². The second kappa shape index (κ2) is 9.19. The molecule has 2 aromatic rings. The van der Waals surface area contributed by atoms with Gasteiger partial charge in [0.25, 0.3) is 5.91 Å². The van der Waals surface area contributed by atoms with Crippen LogP contribution < -0.4 is 10.6 Å². The molecule has 1 aromatic heterocycles. The van der Waals surface area contributed by atoms with Crippen LogP contribution >= 0.6 is 11.6 Å². The maximum Gasteiger partial charge on any atom is 0.254 e. The highest BCUT2D eigenvalue weighted by molar-refractivity contribution is 6.17. The van der Waals surface area contributed by atoms with Crippen molar-refractivity contribution < 1.29 is 14.7 Å². The number of carbonyl (C=O) groups excluding carboxylic acids is 2. The van der Waals surface area contributed by atoms with Crippen molar-refractivity contribution in [1.82, 2.24) is 15.5 Å². The van der Waals surface area contributed by atoms with E-state index in [1.807, 2.05) is 18.2 Å². The van der Waals surface area contributed by atoms with Crippen molar-refractivity contribution in [3.05, 3.63) is 36.5 Å². The Morgan fingerprint density at radius 3 is 2.56 bits per heavy atom. The number of rotatable bonds is 8. The number of halogens is 1. The molecule has 0 aliphatic carbocycles. The number of hydrogen-bond acceptors (Lipinski definition) is 4. The number of amides is 2. The summed E-state index contributed by atoms with van der Waals surface area (Å²) in [6.45, 7) is 1.91. The fraction of sp³-hybridized carbons (Fsp3) is 0.353. The third-order valence-corrected chi connectivity index (χ3v) is 4.00. The largest absolute Gasteiger partial charge is 0.382 e. The molecule has 0 spiro atoms. The van der Waals surface area contributed by atoms with E-state index in [1.165, 1.54) is 6.92 Å². The topological polar surface area (TPSA) is 107 Å². The van der Waals surface area contributed by atoms with Gasteiger partial charge in [0.1, 0.15) is 6.10 Å². The second-order valence-electron chi connectivity index (χ2n) is 5.60. The van der Waals surface area contributed by atoms with Gasteiger partial charge in [0.15, 0.2) is 0 Å². The minimum absolute atomic E-state index is 0.387. The van der Waals surface area contributed by atoms with Gasteiger partial charge in [-0.1, -0.05) is 19.1 Å². The summed E-state index contributed by atoms with van der Waals surface area (Å²) in [5, 5.41) is 22.0. The molecular formula is C17H21ClN4O3. The Kier molecular flexibility index (Phi) is 6.97. The van der Waals surface area contributed by atoms with Gasteiger partial charge in [0, 0.05) is 24.3 Å². The number of benzene rings is 1. The molecule has 0 saturated heterocycles. The van der Waals surface area contributed by atoms with Crippen LogP contribution in [0.4, 0.5) is 5.69 Å². The first-order valence-corrected chi connectivity index (χ1v) is 8.48. The lowest BCUT2D eigenvalue weighted by atomic mass is 10.0. The van der Waals surface area contributed by atoms with E-state index in [4.69, 9.17) is 11.6 Å². The fourth-order valence-electron chi connectivity index (χ4n) is 2.18.